The van der Waals surface area contributed by atoms with Crippen molar-refractivity contribution >= 4 is 11.7 Å². The first-order chi connectivity index (χ1) is 13.5. The van der Waals surface area contributed by atoms with Gasteiger partial charge < -0.3 is 5.73 Å². The van der Waals surface area contributed by atoms with Crippen LogP contribution in [-0.4, -0.2) is 25.5 Å². The summed E-state index contributed by atoms with van der Waals surface area (Å²) in [6.07, 6.45) is 3.62. The van der Waals surface area contributed by atoms with Gasteiger partial charge in [-0.05, 0) is 29.8 Å². The Morgan fingerprint density at radius 3 is 2.36 bits per heavy atom. The highest BCUT2D eigenvalue weighted by molar-refractivity contribution is 6.25. The summed E-state index contributed by atoms with van der Waals surface area (Å²) in [6, 6.07) is 11.3. The number of ketones is 1. The zero-order valence-electron chi connectivity index (χ0n) is 14.8. The lowest BCUT2D eigenvalue weighted by Gasteiger charge is -2.09. The van der Waals surface area contributed by atoms with Crippen LogP contribution in [0.4, 0.5) is 10.3 Å². The quantitative estimate of drug-likeness (QED) is 0.513. The summed E-state index contributed by atoms with van der Waals surface area (Å²) in [5.74, 6) is -0.481. The number of halogens is 1. The molecule has 0 aliphatic heterocycles. The van der Waals surface area contributed by atoms with Gasteiger partial charge in [-0.15, -0.1) is 0 Å². The van der Waals surface area contributed by atoms with E-state index in [2.05, 4.69) is 15.1 Å². The normalized spacial score (nSPS) is 12.1. The van der Waals surface area contributed by atoms with Crippen LogP contribution in [0.5, 0.6) is 0 Å². The second-order valence-corrected chi connectivity index (χ2v) is 6.62. The summed E-state index contributed by atoms with van der Waals surface area (Å²) in [4.78, 5) is 21.9. The number of aryl methyl sites for hydroxylation is 1. The van der Waals surface area contributed by atoms with Crippen molar-refractivity contribution in [3.63, 3.8) is 0 Å². The van der Waals surface area contributed by atoms with Crippen molar-refractivity contribution in [1.29, 1.82) is 0 Å². The molecule has 6 nitrogen and oxygen atoms in total. The number of anilines is 1. The van der Waals surface area contributed by atoms with Gasteiger partial charge in [0.15, 0.2) is 5.78 Å². The Hall–Kier alpha value is -3.87. The average Bonchev–Trinajstić information content (AvgIpc) is 3.24. The third kappa shape index (κ3) is 2.33. The van der Waals surface area contributed by atoms with E-state index in [4.69, 9.17) is 5.73 Å². The Balaban J connectivity index is 1.81. The number of nitrogens with zero attached hydrogens (tertiary/aromatic N) is 4. The maximum atomic E-state index is 13.4. The zero-order valence-corrected chi connectivity index (χ0v) is 14.8. The van der Waals surface area contributed by atoms with Gasteiger partial charge in [0.05, 0.1) is 23.1 Å². The number of hydrogen-bond donors (Lipinski definition) is 1. The first-order valence-corrected chi connectivity index (χ1v) is 8.63. The van der Waals surface area contributed by atoms with Gasteiger partial charge in [-0.25, -0.2) is 14.4 Å². The molecule has 1 aliphatic carbocycles. The van der Waals surface area contributed by atoms with E-state index in [1.54, 1.807) is 29.1 Å². The van der Waals surface area contributed by atoms with Gasteiger partial charge in [0.1, 0.15) is 5.82 Å². The van der Waals surface area contributed by atoms with Gasteiger partial charge in [0.2, 0.25) is 5.95 Å². The van der Waals surface area contributed by atoms with E-state index < -0.39 is 0 Å². The Labute approximate surface area is 159 Å². The number of hydrogen-bond acceptors (Lipinski definition) is 5. The van der Waals surface area contributed by atoms with Crippen LogP contribution < -0.4 is 5.73 Å². The van der Waals surface area contributed by atoms with Gasteiger partial charge in [0, 0.05) is 35.5 Å². The molecule has 0 fully saturated rings. The highest BCUT2D eigenvalue weighted by atomic mass is 19.1. The number of fused-ring (bicyclic) bond motifs is 3. The van der Waals surface area contributed by atoms with Gasteiger partial charge in [-0.3, -0.25) is 9.48 Å². The minimum atomic E-state index is -0.365. The van der Waals surface area contributed by atoms with Crippen LogP contribution in [0, 0.1) is 5.82 Å². The molecule has 2 aromatic carbocycles. The first-order valence-electron chi connectivity index (χ1n) is 8.63. The molecule has 4 aromatic rings. The Kier molecular flexibility index (Phi) is 3.39. The molecule has 0 atom stereocenters. The number of benzene rings is 2. The molecule has 0 saturated heterocycles. The molecule has 0 amide bonds. The SMILES string of the molecule is Cn1cc(-c2cccc3c2-c2nc(N)nc(-c4ccc(F)cc4)c2C3=O)cn1. The molecule has 0 saturated carbocycles. The summed E-state index contributed by atoms with van der Waals surface area (Å²) in [7, 11) is 1.83. The Morgan fingerprint density at radius 1 is 0.929 bits per heavy atom. The summed E-state index contributed by atoms with van der Waals surface area (Å²) in [5.41, 5.74) is 10.8. The lowest BCUT2D eigenvalue weighted by molar-refractivity contribution is 0.104. The van der Waals surface area contributed by atoms with Crippen LogP contribution in [0.25, 0.3) is 33.6 Å². The number of aromatic nitrogens is 4. The highest BCUT2D eigenvalue weighted by Crippen LogP contribution is 2.44. The van der Waals surface area contributed by atoms with Crippen molar-refractivity contribution in [3.05, 3.63) is 71.8 Å². The number of rotatable bonds is 2. The largest absolute Gasteiger partial charge is 0.368 e. The summed E-state index contributed by atoms with van der Waals surface area (Å²) in [5, 5.41) is 4.22. The first kappa shape index (κ1) is 16.3. The van der Waals surface area contributed by atoms with E-state index in [1.165, 1.54) is 12.1 Å². The summed E-state index contributed by atoms with van der Waals surface area (Å²) < 4.78 is 15.1. The van der Waals surface area contributed by atoms with Crippen molar-refractivity contribution in [2.75, 3.05) is 5.73 Å². The third-order valence-corrected chi connectivity index (χ3v) is 4.83. The minimum absolute atomic E-state index is 0.0553. The van der Waals surface area contributed by atoms with Crippen LogP contribution >= 0.6 is 0 Å². The summed E-state index contributed by atoms with van der Waals surface area (Å²) in [6.45, 7) is 0. The third-order valence-electron chi connectivity index (χ3n) is 4.83. The van der Waals surface area contributed by atoms with E-state index in [9.17, 15) is 9.18 Å². The zero-order chi connectivity index (χ0) is 19.4. The van der Waals surface area contributed by atoms with Crippen LogP contribution in [0.3, 0.4) is 0 Å². The molecule has 0 unspecified atom stereocenters. The fraction of sp³-hybridized carbons (Fsp3) is 0.0476. The molecule has 2 heterocycles. The Morgan fingerprint density at radius 2 is 1.64 bits per heavy atom. The lowest BCUT2D eigenvalue weighted by atomic mass is 9.98. The molecule has 1 aliphatic rings. The minimum Gasteiger partial charge on any atom is -0.368 e. The van der Waals surface area contributed by atoms with Crippen molar-refractivity contribution in [1.82, 2.24) is 19.7 Å². The fourth-order valence-electron chi connectivity index (χ4n) is 3.62. The smallest absolute Gasteiger partial charge is 0.221 e. The molecule has 0 spiro atoms. The maximum Gasteiger partial charge on any atom is 0.221 e. The predicted molar refractivity (Wildman–Crippen MR) is 103 cm³/mol. The molecular weight excluding hydrogens is 357 g/mol. The molecule has 2 aromatic heterocycles. The maximum absolute atomic E-state index is 13.4. The average molecular weight is 371 g/mol. The summed E-state index contributed by atoms with van der Waals surface area (Å²) >= 11 is 0. The number of carbonyl (C=O) groups excluding carboxylic acids is 1. The van der Waals surface area contributed by atoms with E-state index in [-0.39, 0.29) is 17.5 Å². The molecule has 136 valence electrons. The van der Waals surface area contributed by atoms with Crippen molar-refractivity contribution in [2.45, 2.75) is 0 Å². The topological polar surface area (TPSA) is 86.7 Å². The molecule has 5 rings (SSSR count). The van der Waals surface area contributed by atoms with Crippen LogP contribution in [0.1, 0.15) is 15.9 Å². The number of carbonyl (C=O) groups is 1. The van der Waals surface area contributed by atoms with Gasteiger partial charge in [-0.2, -0.15) is 5.10 Å². The van der Waals surface area contributed by atoms with Gasteiger partial charge in [0.25, 0.3) is 0 Å². The van der Waals surface area contributed by atoms with Crippen molar-refractivity contribution < 1.29 is 9.18 Å². The van der Waals surface area contributed by atoms with Crippen LogP contribution in [-0.2, 0) is 7.05 Å². The standard InChI is InChI=1S/C21H14FN5O/c1-27-10-12(9-24-27)14-3-2-4-15-16(14)19-17(20(15)28)18(25-21(23)26-19)11-5-7-13(22)8-6-11/h2-10H,1H3,(H2,23,25,26). The second kappa shape index (κ2) is 5.82. The van der Waals surface area contributed by atoms with Gasteiger partial charge >= 0.3 is 0 Å². The lowest BCUT2D eigenvalue weighted by Crippen LogP contribution is -2.05. The molecule has 0 bridgehead atoms. The highest BCUT2D eigenvalue weighted by Gasteiger charge is 2.34. The second-order valence-electron chi connectivity index (χ2n) is 6.62. The van der Waals surface area contributed by atoms with Crippen molar-refractivity contribution in [2.24, 2.45) is 7.05 Å². The van der Waals surface area contributed by atoms with E-state index in [1.807, 2.05) is 25.4 Å². The van der Waals surface area contributed by atoms with Crippen LogP contribution in [0.2, 0.25) is 0 Å². The van der Waals surface area contributed by atoms with Gasteiger partial charge in [-0.1, -0.05) is 18.2 Å². The van der Waals surface area contributed by atoms with E-state index in [0.717, 1.165) is 11.1 Å². The van der Waals surface area contributed by atoms with Crippen molar-refractivity contribution in [3.8, 4) is 33.6 Å². The molecular formula is C21H14FN5O. The van der Waals surface area contributed by atoms with E-state index in [0.29, 0.717) is 33.6 Å². The molecule has 28 heavy (non-hydrogen) atoms. The number of nitrogens with two attached hydrogens (primary N) is 1. The fourth-order valence-corrected chi connectivity index (χ4v) is 3.62. The monoisotopic (exact) mass is 371 g/mol. The molecule has 0 radical (unpaired) electrons. The Bertz CT molecular complexity index is 1260. The van der Waals surface area contributed by atoms with Crippen LogP contribution in [0.15, 0.2) is 54.9 Å². The van der Waals surface area contributed by atoms with E-state index >= 15 is 0 Å². The predicted octanol–water partition coefficient (Wildman–Crippen LogP) is 3.48. The number of nitrogen functional groups attached to an aromatic ring is 1. The molecule has 2 N–H and O–H groups in total. The molecule has 7 heteroatoms.